The van der Waals surface area contributed by atoms with E-state index in [1.807, 2.05) is 18.2 Å². The maximum absolute atomic E-state index is 14.7. The van der Waals surface area contributed by atoms with Crippen molar-refractivity contribution in [3.05, 3.63) is 76.1 Å². The number of carbonyl (C=O) groups excluding carboxylic acids is 4. The number of rotatable bonds is 4. The first-order chi connectivity index (χ1) is 32.7. The lowest BCUT2D eigenvalue weighted by Crippen LogP contribution is -2.44. The first-order valence-electron chi connectivity index (χ1n) is 24.8. The highest BCUT2D eigenvalue weighted by molar-refractivity contribution is 6.10. The molecule has 0 radical (unpaired) electrons. The maximum atomic E-state index is 14.7. The minimum atomic E-state index is -0.552. The molecule has 8 aliphatic heterocycles. The molecule has 9 heterocycles. The van der Waals surface area contributed by atoms with E-state index in [0.29, 0.717) is 86.4 Å². The molecule has 10 aliphatic rings. The van der Waals surface area contributed by atoms with Crippen LogP contribution in [0.5, 0.6) is 11.6 Å². The molecule has 12 rings (SSSR count). The number of benzene rings is 1. The molecule has 4 bridgehead atoms. The SMILES string of the molecule is Cc1ccnc2c1C1CCC(CC1)O/C=C1/C(=NC(=O)CC3CCCO3)CC(c3ccc4c(c3C)C3CCC(CC3)O/C=C3/C(=NC(=O)C5CCCO5)CCCN3C(=O)CO4)CN1C(=O)CO2. The second kappa shape index (κ2) is 20.0. The van der Waals surface area contributed by atoms with Crippen molar-refractivity contribution in [2.45, 2.75) is 159 Å². The number of pyridine rings is 1. The molecule has 3 unspecified atom stereocenters. The summed E-state index contributed by atoms with van der Waals surface area (Å²) in [5.74, 6) is 0.142. The number of fused-ring (bicyclic) bond motifs is 10. The Morgan fingerprint density at radius 1 is 0.716 bits per heavy atom. The molecule has 15 heteroatoms. The van der Waals surface area contributed by atoms with E-state index in [-0.39, 0.29) is 79.3 Å². The third-order valence-electron chi connectivity index (χ3n) is 15.3. The molecule has 15 nitrogen and oxygen atoms in total. The van der Waals surface area contributed by atoms with E-state index in [2.05, 4.69) is 23.8 Å². The Morgan fingerprint density at radius 3 is 2.12 bits per heavy atom. The highest BCUT2D eigenvalue weighted by atomic mass is 16.5. The van der Waals surface area contributed by atoms with Crippen LogP contribution in [0.4, 0.5) is 0 Å². The van der Waals surface area contributed by atoms with Gasteiger partial charge in [-0.05, 0) is 144 Å². The van der Waals surface area contributed by atoms with Crippen molar-refractivity contribution in [1.82, 2.24) is 14.8 Å². The lowest BCUT2D eigenvalue weighted by atomic mass is 9.77. The third kappa shape index (κ3) is 9.81. The fourth-order valence-electron chi connectivity index (χ4n) is 11.7. The van der Waals surface area contributed by atoms with E-state index in [1.165, 1.54) is 0 Å². The van der Waals surface area contributed by atoms with Crippen LogP contribution < -0.4 is 9.47 Å². The summed E-state index contributed by atoms with van der Waals surface area (Å²) in [6, 6.07) is 6.01. The van der Waals surface area contributed by atoms with Gasteiger partial charge in [0.15, 0.2) is 13.2 Å². The highest BCUT2D eigenvalue weighted by Gasteiger charge is 2.39. The Labute approximate surface area is 392 Å². The van der Waals surface area contributed by atoms with Crippen molar-refractivity contribution in [2.75, 3.05) is 39.5 Å². The summed E-state index contributed by atoms with van der Waals surface area (Å²) in [5.41, 5.74) is 7.29. The van der Waals surface area contributed by atoms with E-state index in [4.69, 9.17) is 33.4 Å². The van der Waals surface area contributed by atoms with Crippen molar-refractivity contribution in [1.29, 1.82) is 0 Å². The summed E-state index contributed by atoms with van der Waals surface area (Å²) >= 11 is 0. The van der Waals surface area contributed by atoms with Crippen LogP contribution in [0, 0.1) is 13.8 Å². The van der Waals surface area contributed by atoms with E-state index in [9.17, 15) is 19.2 Å². The normalized spacial score (nSPS) is 31.8. The summed E-state index contributed by atoms with van der Waals surface area (Å²) in [5, 5.41) is 0. The van der Waals surface area contributed by atoms with E-state index >= 15 is 0 Å². The van der Waals surface area contributed by atoms with E-state index < -0.39 is 6.10 Å². The zero-order chi connectivity index (χ0) is 46.0. The Bertz CT molecular complexity index is 2360. The number of carbonyl (C=O) groups is 4. The van der Waals surface area contributed by atoms with Crippen LogP contribution in [0.1, 0.15) is 148 Å². The standard InChI is InChI=1S/C52H63N5O10/c1-31-19-20-53-52-49(31)33-9-13-36(14-10-33)65-28-43-41(54-46(58)25-38-6-4-22-62-38)24-35(26-57(43)48(60)30-67-52)39-17-18-44-50(32(39)2)34-11-15-37(16-12-34)64-27-42-40(55-51(61)45-8-5-23-63-45)7-3-21-56(42)47(59)29-66-44/h17-20,27-28,33-38,45H,3-16,21-26,29-30H2,1-2H3/b42-27-,43-28-,54-41?,55-40?. The van der Waals surface area contributed by atoms with Gasteiger partial charge in [-0.25, -0.2) is 15.0 Å². The van der Waals surface area contributed by atoms with Gasteiger partial charge in [0.25, 0.3) is 17.7 Å². The van der Waals surface area contributed by atoms with Gasteiger partial charge < -0.3 is 38.2 Å². The van der Waals surface area contributed by atoms with Crippen LogP contribution in [-0.2, 0) is 38.1 Å². The summed E-state index contributed by atoms with van der Waals surface area (Å²) < 4.78 is 37.3. The smallest absolute Gasteiger partial charge is 0.275 e. The second-order valence-electron chi connectivity index (χ2n) is 19.6. The van der Waals surface area contributed by atoms with Gasteiger partial charge >= 0.3 is 0 Å². The molecule has 67 heavy (non-hydrogen) atoms. The highest BCUT2D eigenvalue weighted by Crippen LogP contribution is 2.45. The van der Waals surface area contributed by atoms with Crippen LogP contribution in [0.25, 0.3) is 0 Å². The number of amides is 4. The number of allylic oxidation sites excluding steroid dienone is 2. The number of aryl methyl sites for hydroxylation is 1. The number of hydrogen-bond acceptors (Lipinski definition) is 11. The molecule has 3 atom stereocenters. The zero-order valence-electron chi connectivity index (χ0n) is 38.9. The quantitative estimate of drug-likeness (QED) is 0.297. The van der Waals surface area contributed by atoms with Crippen LogP contribution in [0.3, 0.4) is 0 Å². The van der Waals surface area contributed by atoms with Gasteiger partial charge in [-0.2, -0.15) is 0 Å². The van der Waals surface area contributed by atoms with E-state index in [1.54, 1.807) is 28.5 Å². The van der Waals surface area contributed by atoms with Crippen molar-refractivity contribution in [2.24, 2.45) is 9.98 Å². The van der Waals surface area contributed by atoms with Gasteiger partial charge in [0, 0.05) is 56.0 Å². The monoisotopic (exact) mass is 917 g/mol. The molecule has 2 aliphatic carbocycles. The molecule has 356 valence electrons. The lowest BCUT2D eigenvalue weighted by molar-refractivity contribution is -0.132. The van der Waals surface area contributed by atoms with E-state index in [0.717, 1.165) is 98.4 Å². The average molecular weight is 918 g/mol. The van der Waals surface area contributed by atoms with Crippen LogP contribution in [-0.4, -0.2) is 114 Å². The number of aliphatic imine (C=N–C) groups is 2. The number of aromatic nitrogens is 1. The zero-order valence-corrected chi connectivity index (χ0v) is 38.9. The minimum absolute atomic E-state index is 0.0490. The topological polar surface area (TPSA) is 168 Å². The summed E-state index contributed by atoms with van der Waals surface area (Å²) in [4.78, 5) is 73.0. The summed E-state index contributed by atoms with van der Waals surface area (Å²) in [7, 11) is 0. The number of ether oxygens (including phenoxy) is 6. The van der Waals surface area contributed by atoms with Crippen LogP contribution >= 0.6 is 0 Å². The average Bonchev–Trinajstić information content (AvgIpc) is 4.08. The molecule has 1 aromatic carbocycles. The Hall–Kier alpha value is -5.41. The Balaban J connectivity index is 0.973. The fraction of sp³-hybridized carbons (Fsp3) is 0.596. The second-order valence-corrected chi connectivity index (χ2v) is 19.6. The van der Waals surface area contributed by atoms with Gasteiger partial charge in [-0.15, -0.1) is 0 Å². The molecule has 2 aromatic rings. The molecule has 2 saturated carbocycles. The molecule has 0 spiro atoms. The van der Waals surface area contributed by atoms with Gasteiger partial charge in [-0.1, -0.05) is 6.07 Å². The first-order valence-corrected chi connectivity index (χ1v) is 24.8. The van der Waals surface area contributed by atoms with Gasteiger partial charge in [-0.3, -0.25) is 19.2 Å². The number of hydrogen-bond donors (Lipinski definition) is 0. The maximum Gasteiger partial charge on any atom is 0.275 e. The first kappa shape index (κ1) is 45.4. The summed E-state index contributed by atoms with van der Waals surface area (Å²) in [6.45, 7) is 5.66. The Kier molecular flexibility index (Phi) is 13.6. The third-order valence-corrected chi connectivity index (χ3v) is 15.3. The fourth-order valence-corrected chi connectivity index (χ4v) is 11.7. The Morgan fingerprint density at radius 2 is 1.40 bits per heavy atom. The largest absolute Gasteiger partial charge is 0.496 e. The predicted octanol–water partition coefficient (Wildman–Crippen LogP) is 7.57. The van der Waals surface area contributed by atoms with Crippen molar-refractivity contribution in [3.63, 3.8) is 0 Å². The van der Waals surface area contributed by atoms with Crippen molar-refractivity contribution >= 4 is 35.1 Å². The van der Waals surface area contributed by atoms with Gasteiger partial charge in [0.1, 0.15) is 35.8 Å². The molecule has 4 amide bonds. The van der Waals surface area contributed by atoms with Crippen molar-refractivity contribution in [3.8, 4) is 11.6 Å². The molecule has 4 saturated heterocycles. The van der Waals surface area contributed by atoms with Crippen LogP contribution in [0.15, 0.2) is 58.3 Å². The van der Waals surface area contributed by atoms with Gasteiger partial charge in [0.2, 0.25) is 11.8 Å². The van der Waals surface area contributed by atoms with Gasteiger partial charge in [0.05, 0.1) is 36.2 Å². The molecular weight excluding hydrogens is 855 g/mol. The molecule has 6 fully saturated rings. The number of piperidine rings is 2. The van der Waals surface area contributed by atoms with Crippen molar-refractivity contribution < 1.29 is 47.6 Å². The summed E-state index contributed by atoms with van der Waals surface area (Å²) in [6.07, 6.45) is 15.9. The number of nitrogens with zero attached hydrogens (tertiary/aromatic N) is 5. The minimum Gasteiger partial charge on any atom is -0.496 e. The molecule has 1 aromatic heterocycles. The molecular formula is C52H63N5O10. The molecule has 0 N–H and O–H groups in total. The predicted molar refractivity (Wildman–Crippen MR) is 247 cm³/mol. The lowest BCUT2D eigenvalue weighted by Gasteiger charge is -2.37. The van der Waals surface area contributed by atoms with Crippen LogP contribution in [0.2, 0.25) is 0 Å².